The van der Waals surface area contributed by atoms with Gasteiger partial charge in [0.05, 0.1) is 11.6 Å². The highest BCUT2D eigenvalue weighted by Crippen LogP contribution is 2.24. The lowest BCUT2D eigenvalue weighted by atomic mass is 9.91. The number of hydrogen-bond donors (Lipinski definition) is 0. The Labute approximate surface area is 127 Å². The lowest BCUT2D eigenvalue weighted by molar-refractivity contribution is 0.749. The van der Waals surface area contributed by atoms with Crippen LogP contribution in [0.1, 0.15) is 60.6 Å². The SMILES string of the molecule is Cc1ccc(C(C)Cc2cc(C#N)cc(C(C)C)c2)cn1. The molecule has 2 rings (SSSR count). The smallest absolute Gasteiger partial charge is 0.0991 e. The molecular weight excluding hydrogens is 256 g/mol. The minimum absolute atomic E-state index is 0.395. The van der Waals surface area contributed by atoms with Crippen molar-refractivity contribution in [2.24, 2.45) is 0 Å². The molecule has 1 atom stereocenters. The fourth-order valence-corrected chi connectivity index (χ4v) is 2.48. The van der Waals surface area contributed by atoms with Crippen LogP contribution in [0.4, 0.5) is 0 Å². The summed E-state index contributed by atoms with van der Waals surface area (Å²) >= 11 is 0. The molecule has 2 heteroatoms. The van der Waals surface area contributed by atoms with Crippen molar-refractivity contribution in [3.8, 4) is 6.07 Å². The van der Waals surface area contributed by atoms with Gasteiger partial charge in [0.2, 0.25) is 0 Å². The summed E-state index contributed by atoms with van der Waals surface area (Å²) in [5, 5.41) is 9.19. The van der Waals surface area contributed by atoms with E-state index in [-0.39, 0.29) is 0 Å². The van der Waals surface area contributed by atoms with Gasteiger partial charge in [0, 0.05) is 11.9 Å². The fourth-order valence-electron chi connectivity index (χ4n) is 2.48. The molecule has 0 fully saturated rings. The Morgan fingerprint density at radius 2 is 1.86 bits per heavy atom. The van der Waals surface area contributed by atoms with Gasteiger partial charge >= 0.3 is 0 Å². The van der Waals surface area contributed by atoms with E-state index in [1.807, 2.05) is 25.3 Å². The molecular formula is C19H22N2. The summed E-state index contributed by atoms with van der Waals surface area (Å²) in [6, 6.07) is 12.7. The first-order valence-electron chi connectivity index (χ1n) is 7.46. The highest BCUT2D eigenvalue weighted by Gasteiger charge is 2.10. The van der Waals surface area contributed by atoms with Crippen LogP contribution in [0.25, 0.3) is 0 Å². The molecule has 0 aliphatic rings. The maximum atomic E-state index is 9.19. The monoisotopic (exact) mass is 278 g/mol. The van der Waals surface area contributed by atoms with Gasteiger partial charge < -0.3 is 0 Å². The van der Waals surface area contributed by atoms with Gasteiger partial charge in [0.1, 0.15) is 0 Å². The third kappa shape index (κ3) is 3.92. The summed E-state index contributed by atoms with van der Waals surface area (Å²) in [6.45, 7) is 8.53. The van der Waals surface area contributed by atoms with Crippen molar-refractivity contribution in [1.29, 1.82) is 5.26 Å². The van der Waals surface area contributed by atoms with Crippen LogP contribution in [0, 0.1) is 18.3 Å². The van der Waals surface area contributed by atoms with Crippen molar-refractivity contribution in [3.05, 3.63) is 64.5 Å². The molecule has 0 saturated heterocycles. The standard InChI is InChI=1S/C19H22N2/c1-13(2)19-9-16(8-17(10-19)11-20)7-14(3)18-6-5-15(4)21-12-18/h5-6,8-10,12-14H,7H2,1-4H3. The van der Waals surface area contributed by atoms with Gasteiger partial charge in [-0.3, -0.25) is 4.98 Å². The summed E-state index contributed by atoms with van der Waals surface area (Å²) < 4.78 is 0. The first-order valence-corrected chi connectivity index (χ1v) is 7.46. The third-order valence-corrected chi connectivity index (χ3v) is 3.86. The van der Waals surface area contributed by atoms with Gasteiger partial charge in [-0.25, -0.2) is 0 Å². The van der Waals surface area contributed by atoms with Crippen molar-refractivity contribution in [2.75, 3.05) is 0 Å². The summed E-state index contributed by atoms with van der Waals surface area (Å²) in [7, 11) is 0. The highest BCUT2D eigenvalue weighted by molar-refractivity contribution is 5.39. The van der Waals surface area contributed by atoms with Gasteiger partial charge in [0.25, 0.3) is 0 Å². The largest absolute Gasteiger partial charge is 0.261 e. The Bertz CT molecular complexity index is 648. The Balaban J connectivity index is 2.24. The molecule has 0 saturated carbocycles. The van der Waals surface area contributed by atoms with E-state index in [4.69, 9.17) is 0 Å². The van der Waals surface area contributed by atoms with Crippen LogP contribution in [0.3, 0.4) is 0 Å². The van der Waals surface area contributed by atoms with Crippen LogP contribution >= 0.6 is 0 Å². The van der Waals surface area contributed by atoms with E-state index in [0.29, 0.717) is 11.8 Å². The van der Waals surface area contributed by atoms with Crippen LogP contribution in [0.5, 0.6) is 0 Å². The predicted molar refractivity (Wildman–Crippen MR) is 86.3 cm³/mol. The maximum absolute atomic E-state index is 9.19. The van der Waals surface area contributed by atoms with Gasteiger partial charge in [-0.15, -0.1) is 0 Å². The number of aromatic nitrogens is 1. The van der Waals surface area contributed by atoms with E-state index in [1.165, 1.54) is 16.7 Å². The second-order valence-electron chi connectivity index (χ2n) is 6.07. The summed E-state index contributed by atoms with van der Waals surface area (Å²) in [4.78, 5) is 4.37. The van der Waals surface area contributed by atoms with Gasteiger partial charge in [-0.2, -0.15) is 5.26 Å². The minimum Gasteiger partial charge on any atom is -0.261 e. The Morgan fingerprint density at radius 1 is 1.10 bits per heavy atom. The van der Waals surface area contributed by atoms with Gasteiger partial charge in [-0.1, -0.05) is 32.9 Å². The van der Waals surface area contributed by atoms with E-state index in [0.717, 1.165) is 17.7 Å². The molecule has 0 amide bonds. The normalized spacial score (nSPS) is 12.2. The molecule has 2 aromatic rings. The van der Waals surface area contributed by atoms with Crippen LogP contribution in [0.15, 0.2) is 36.5 Å². The zero-order chi connectivity index (χ0) is 15.4. The Morgan fingerprint density at radius 3 is 2.43 bits per heavy atom. The zero-order valence-corrected chi connectivity index (χ0v) is 13.2. The topological polar surface area (TPSA) is 36.7 Å². The maximum Gasteiger partial charge on any atom is 0.0991 e. The molecule has 0 spiro atoms. The quantitative estimate of drug-likeness (QED) is 0.810. The molecule has 1 aromatic heterocycles. The minimum atomic E-state index is 0.395. The third-order valence-electron chi connectivity index (χ3n) is 3.86. The number of aryl methyl sites for hydroxylation is 1. The number of pyridine rings is 1. The zero-order valence-electron chi connectivity index (χ0n) is 13.2. The van der Waals surface area contributed by atoms with E-state index >= 15 is 0 Å². The lowest BCUT2D eigenvalue weighted by Gasteiger charge is -2.14. The second-order valence-corrected chi connectivity index (χ2v) is 6.07. The molecule has 0 radical (unpaired) electrons. The van der Waals surface area contributed by atoms with Crippen LogP contribution in [-0.2, 0) is 6.42 Å². The molecule has 1 aromatic carbocycles. The van der Waals surface area contributed by atoms with E-state index < -0.39 is 0 Å². The molecule has 0 aliphatic heterocycles. The Kier molecular flexibility index (Phi) is 4.75. The number of rotatable bonds is 4. The average molecular weight is 278 g/mol. The van der Waals surface area contributed by atoms with Crippen molar-refractivity contribution in [1.82, 2.24) is 4.98 Å². The lowest BCUT2D eigenvalue weighted by Crippen LogP contribution is -2.01. The Hall–Kier alpha value is -2.14. The number of nitriles is 1. The number of hydrogen-bond acceptors (Lipinski definition) is 2. The summed E-state index contributed by atoms with van der Waals surface area (Å²) in [5.41, 5.74) is 5.50. The van der Waals surface area contributed by atoms with Crippen molar-refractivity contribution >= 4 is 0 Å². The van der Waals surface area contributed by atoms with Crippen molar-refractivity contribution < 1.29 is 0 Å². The molecule has 0 aliphatic carbocycles. The number of benzene rings is 1. The molecule has 2 nitrogen and oxygen atoms in total. The fraction of sp³-hybridized carbons (Fsp3) is 0.368. The van der Waals surface area contributed by atoms with Crippen LogP contribution in [-0.4, -0.2) is 4.98 Å². The number of nitrogens with zero attached hydrogens (tertiary/aromatic N) is 2. The average Bonchev–Trinajstić information content (AvgIpc) is 2.47. The molecule has 0 N–H and O–H groups in total. The molecule has 108 valence electrons. The molecule has 21 heavy (non-hydrogen) atoms. The second kappa shape index (κ2) is 6.54. The van der Waals surface area contributed by atoms with Crippen LogP contribution in [0.2, 0.25) is 0 Å². The first-order chi connectivity index (χ1) is 9.99. The molecule has 1 unspecified atom stereocenters. The molecule has 0 bridgehead atoms. The summed E-state index contributed by atoms with van der Waals surface area (Å²) in [6.07, 6.45) is 2.89. The van der Waals surface area contributed by atoms with Crippen LogP contribution < -0.4 is 0 Å². The predicted octanol–water partition coefficient (Wildman–Crippen LogP) is 4.73. The van der Waals surface area contributed by atoms with E-state index in [9.17, 15) is 5.26 Å². The first kappa shape index (κ1) is 15.3. The highest BCUT2D eigenvalue weighted by atomic mass is 14.7. The van der Waals surface area contributed by atoms with Gasteiger partial charge in [-0.05, 0) is 60.1 Å². The van der Waals surface area contributed by atoms with Crippen molar-refractivity contribution in [2.45, 2.75) is 46.0 Å². The van der Waals surface area contributed by atoms with E-state index in [1.54, 1.807) is 0 Å². The van der Waals surface area contributed by atoms with E-state index in [2.05, 4.69) is 50.0 Å². The molecule has 1 heterocycles. The van der Waals surface area contributed by atoms with Crippen molar-refractivity contribution in [3.63, 3.8) is 0 Å². The van der Waals surface area contributed by atoms with Gasteiger partial charge in [0.15, 0.2) is 0 Å². The summed E-state index contributed by atoms with van der Waals surface area (Å²) in [5.74, 6) is 0.834.